The fourth-order valence-corrected chi connectivity index (χ4v) is 5.02. The van der Waals surface area contributed by atoms with Crippen LogP contribution in [0, 0.1) is 5.41 Å². The predicted octanol–water partition coefficient (Wildman–Crippen LogP) is 0.383. The Morgan fingerprint density at radius 1 is 1.42 bits per heavy atom. The number of hydrogen-bond acceptors (Lipinski definition) is 6. The first-order valence-electron chi connectivity index (χ1n) is 7.90. The van der Waals surface area contributed by atoms with Crippen molar-refractivity contribution in [3.05, 3.63) is 24.5 Å². The minimum atomic E-state index is -3.52. The summed E-state index contributed by atoms with van der Waals surface area (Å²) in [5.41, 5.74) is 5.15. The van der Waals surface area contributed by atoms with Crippen LogP contribution in [0.2, 0.25) is 0 Å². The zero-order chi connectivity index (χ0) is 16.5. The molecule has 2 aliphatic rings. The van der Waals surface area contributed by atoms with Gasteiger partial charge in [-0.2, -0.15) is 4.31 Å². The highest BCUT2D eigenvalue weighted by Gasteiger charge is 2.56. The Morgan fingerprint density at radius 2 is 2.12 bits per heavy atom. The van der Waals surface area contributed by atoms with E-state index in [2.05, 4.69) is 4.98 Å². The summed E-state index contributed by atoms with van der Waals surface area (Å²) in [7, 11) is -3.52. The first kappa shape index (κ1) is 19.6. The van der Waals surface area contributed by atoms with Gasteiger partial charge in [0.2, 0.25) is 10.0 Å². The fourth-order valence-electron chi connectivity index (χ4n) is 3.62. The second kappa shape index (κ2) is 7.63. The highest BCUT2D eigenvalue weighted by Crippen LogP contribution is 2.51. The molecule has 0 unspecified atom stereocenters. The van der Waals surface area contributed by atoms with Crippen molar-refractivity contribution in [2.75, 3.05) is 26.2 Å². The lowest BCUT2D eigenvalue weighted by Crippen LogP contribution is -2.62. The van der Waals surface area contributed by atoms with E-state index in [0.29, 0.717) is 45.5 Å². The zero-order valence-electron chi connectivity index (χ0n) is 13.4. The van der Waals surface area contributed by atoms with Crippen LogP contribution >= 0.6 is 12.4 Å². The van der Waals surface area contributed by atoms with Crippen molar-refractivity contribution < 1.29 is 18.3 Å². The minimum absolute atomic E-state index is 0. The van der Waals surface area contributed by atoms with E-state index in [1.54, 1.807) is 18.3 Å². The molecule has 1 spiro atoms. The summed E-state index contributed by atoms with van der Waals surface area (Å²) < 4.78 is 32.4. The molecule has 136 valence electrons. The second-order valence-corrected chi connectivity index (χ2v) is 8.16. The Kier molecular flexibility index (Phi) is 6.22. The number of pyridine rings is 1. The summed E-state index contributed by atoms with van der Waals surface area (Å²) >= 11 is 0. The van der Waals surface area contributed by atoms with Crippen molar-refractivity contribution >= 4 is 22.4 Å². The van der Waals surface area contributed by atoms with Crippen LogP contribution in [-0.4, -0.2) is 61.3 Å². The highest BCUT2D eigenvalue weighted by atomic mass is 35.5. The van der Waals surface area contributed by atoms with E-state index in [0.717, 1.165) is 0 Å². The van der Waals surface area contributed by atoms with Crippen molar-refractivity contribution in [2.45, 2.75) is 36.4 Å². The SMILES string of the molecule is Cl.NCCO[C@H]1C[C@@H](O)C12CCN(S(=O)(=O)c1cccnc1)CC2. The smallest absolute Gasteiger partial charge is 0.244 e. The standard InChI is InChI=1S/C15H23N3O4S.ClH/c16-5-9-22-14-10-13(19)15(14)3-7-18(8-4-15)23(20,21)12-2-1-6-17-11-12;/h1-2,6,11,13-14,19H,3-5,7-10,16H2;1H/t13-,14+;/m1./s1. The minimum Gasteiger partial charge on any atom is -0.392 e. The van der Waals surface area contributed by atoms with E-state index in [4.69, 9.17) is 10.5 Å². The quantitative estimate of drug-likeness (QED) is 0.768. The molecule has 24 heavy (non-hydrogen) atoms. The molecule has 1 aromatic rings. The molecule has 2 atom stereocenters. The number of piperidine rings is 1. The zero-order valence-corrected chi connectivity index (χ0v) is 15.0. The Bertz CT molecular complexity index is 635. The van der Waals surface area contributed by atoms with E-state index in [1.807, 2.05) is 0 Å². The molecule has 3 N–H and O–H groups in total. The number of nitrogens with zero attached hydrogens (tertiary/aromatic N) is 2. The van der Waals surface area contributed by atoms with Gasteiger partial charge in [0.15, 0.2) is 0 Å². The Balaban J connectivity index is 0.00000208. The molecule has 0 radical (unpaired) electrons. The molecular weight excluding hydrogens is 354 g/mol. The van der Waals surface area contributed by atoms with Gasteiger partial charge in [0.1, 0.15) is 4.90 Å². The molecule has 2 fully saturated rings. The topological polar surface area (TPSA) is 106 Å². The molecule has 9 heteroatoms. The summed E-state index contributed by atoms with van der Waals surface area (Å²) in [6, 6.07) is 3.17. The van der Waals surface area contributed by atoms with Gasteiger partial charge >= 0.3 is 0 Å². The molecule has 1 aliphatic heterocycles. The molecule has 1 aromatic heterocycles. The monoisotopic (exact) mass is 377 g/mol. The maximum Gasteiger partial charge on any atom is 0.244 e. The molecule has 0 bridgehead atoms. The lowest BCUT2D eigenvalue weighted by Gasteiger charge is -2.56. The molecule has 7 nitrogen and oxygen atoms in total. The first-order valence-corrected chi connectivity index (χ1v) is 9.34. The van der Waals surface area contributed by atoms with Crippen LogP contribution in [-0.2, 0) is 14.8 Å². The van der Waals surface area contributed by atoms with Crippen LogP contribution in [0.5, 0.6) is 0 Å². The van der Waals surface area contributed by atoms with E-state index in [1.165, 1.54) is 10.5 Å². The van der Waals surface area contributed by atoms with E-state index < -0.39 is 16.1 Å². The average Bonchev–Trinajstić information content (AvgIpc) is 2.59. The number of halogens is 1. The third-order valence-electron chi connectivity index (χ3n) is 5.10. The van der Waals surface area contributed by atoms with Crippen LogP contribution in [0.15, 0.2) is 29.4 Å². The lowest BCUT2D eigenvalue weighted by atomic mass is 9.58. The fraction of sp³-hybridized carbons (Fsp3) is 0.667. The highest BCUT2D eigenvalue weighted by molar-refractivity contribution is 7.89. The van der Waals surface area contributed by atoms with Crippen LogP contribution in [0.3, 0.4) is 0 Å². The maximum atomic E-state index is 12.6. The molecule has 2 heterocycles. The number of nitrogens with two attached hydrogens (primary N) is 1. The van der Waals surface area contributed by atoms with Crippen molar-refractivity contribution in [2.24, 2.45) is 11.1 Å². The third kappa shape index (κ3) is 3.31. The van der Waals surface area contributed by atoms with Gasteiger partial charge < -0.3 is 15.6 Å². The van der Waals surface area contributed by atoms with Gasteiger partial charge in [0.05, 0.1) is 18.8 Å². The summed E-state index contributed by atoms with van der Waals surface area (Å²) in [6.45, 7) is 1.69. The lowest BCUT2D eigenvalue weighted by molar-refractivity contribution is -0.206. The summed E-state index contributed by atoms with van der Waals surface area (Å²) in [5, 5.41) is 10.2. The number of aliphatic hydroxyl groups is 1. The van der Waals surface area contributed by atoms with Crippen molar-refractivity contribution in [1.29, 1.82) is 0 Å². The van der Waals surface area contributed by atoms with Crippen molar-refractivity contribution in [3.63, 3.8) is 0 Å². The van der Waals surface area contributed by atoms with Crippen molar-refractivity contribution in [3.8, 4) is 0 Å². The predicted molar refractivity (Wildman–Crippen MR) is 91.3 cm³/mol. The van der Waals surface area contributed by atoms with Crippen LogP contribution in [0.4, 0.5) is 0 Å². The van der Waals surface area contributed by atoms with E-state index in [9.17, 15) is 13.5 Å². The number of ether oxygens (including phenoxy) is 1. The molecule has 3 rings (SSSR count). The molecule has 1 saturated heterocycles. The Hall–Kier alpha value is -0.770. The summed E-state index contributed by atoms with van der Waals surface area (Å²) in [5.74, 6) is 0. The molecular formula is C15H24ClN3O4S. The van der Waals surface area contributed by atoms with Gasteiger partial charge in [0, 0.05) is 43.9 Å². The third-order valence-corrected chi connectivity index (χ3v) is 6.99. The first-order chi connectivity index (χ1) is 11.0. The Labute approximate surface area is 148 Å². The van der Waals surface area contributed by atoms with Gasteiger partial charge in [-0.25, -0.2) is 8.42 Å². The van der Waals surface area contributed by atoms with E-state index in [-0.39, 0.29) is 28.8 Å². The number of rotatable bonds is 5. The normalized spacial score (nSPS) is 26.6. The largest absolute Gasteiger partial charge is 0.392 e. The van der Waals surface area contributed by atoms with Gasteiger partial charge in [0.25, 0.3) is 0 Å². The number of hydrogen-bond donors (Lipinski definition) is 2. The molecule has 0 aromatic carbocycles. The van der Waals surface area contributed by atoms with Gasteiger partial charge in [-0.3, -0.25) is 4.98 Å². The summed E-state index contributed by atoms with van der Waals surface area (Å²) in [4.78, 5) is 4.09. The molecule has 1 aliphatic carbocycles. The average molecular weight is 378 g/mol. The van der Waals surface area contributed by atoms with Crippen LogP contribution in [0.1, 0.15) is 19.3 Å². The maximum absolute atomic E-state index is 12.6. The van der Waals surface area contributed by atoms with Crippen LogP contribution in [0.25, 0.3) is 0 Å². The van der Waals surface area contributed by atoms with Gasteiger partial charge in [-0.1, -0.05) is 0 Å². The number of aromatic nitrogens is 1. The van der Waals surface area contributed by atoms with E-state index >= 15 is 0 Å². The Morgan fingerprint density at radius 3 is 2.67 bits per heavy atom. The number of aliphatic hydroxyl groups excluding tert-OH is 1. The van der Waals surface area contributed by atoms with Crippen LogP contribution < -0.4 is 5.73 Å². The van der Waals surface area contributed by atoms with Gasteiger partial charge in [-0.15, -0.1) is 12.4 Å². The second-order valence-electron chi connectivity index (χ2n) is 6.23. The summed E-state index contributed by atoms with van der Waals surface area (Å²) in [6.07, 6.45) is 4.28. The molecule has 1 saturated carbocycles. The molecule has 0 amide bonds. The van der Waals surface area contributed by atoms with Crippen molar-refractivity contribution in [1.82, 2.24) is 9.29 Å². The van der Waals surface area contributed by atoms with Gasteiger partial charge in [-0.05, 0) is 25.0 Å². The number of sulfonamides is 1.